The Labute approximate surface area is 213 Å². The highest BCUT2D eigenvalue weighted by atomic mass is 79.9. The van der Waals surface area contributed by atoms with E-state index in [1.54, 1.807) is 23.5 Å². The van der Waals surface area contributed by atoms with Crippen LogP contribution in [-0.4, -0.2) is 40.9 Å². The molecule has 3 rings (SSSR count). The van der Waals surface area contributed by atoms with Crippen molar-refractivity contribution in [3.8, 4) is 5.75 Å². The number of rotatable bonds is 12. The molecule has 1 heterocycles. The number of fused-ring (bicyclic) bond motifs is 1. The summed E-state index contributed by atoms with van der Waals surface area (Å²) in [5.41, 5.74) is 0.742. The average molecular weight is 578 g/mol. The molecule has 0 amide bonds. The van der Waals surface area contributed by atoms with Crippen molar-refractivity contribution in [2.75, 3.05) is 29.7 Å². The maximum Gasteiger partial charge on any atom is 0.573 e. The van der Waals surface area contributed by atoms with Crippen LogP contribution in [0.1, 0.15) is 32.3 Å². The molecule has 0 aliphatic heterocycles. The first-order valence-corrected chi connectivity index (χ1v) is 14.0. The van der Waals surface area contributed by atoms with Gasteiger partial charge in [-0.25, -0.2) is 4.21 Å². The molecule has 0 radical (unpaired) electrons. The Hall–Kier alpha value is -1.62. The Morgan fingerprint density at radius 1 is 1.00 bits per heavy atom. The third-order valence-electron chi connectivity index (χ3n) is 5.14. The Morgan fingerprint density at radius 3 is 2.24 bits per heavy atom. The van der Waals surface area contributed by atoms with Crippen LogP contribution in [0.4, 0.5) is 18.2 Å². The molecular formula is C24H28BrF3N2O2S2. The number of benzene rings is 2. The molecule has 10 heteroatoms. The van der Waals surface area contributed by atoms with E-state index in [0.717, 1.165) is 51.1 Å². The SMILES string of the molecule is CCCN(CCC)CCS(=O)N(Cc1ccc(OC(F)(F)F)cc1)c1sc2ccccc2c1Br. The standard InChI is InChI=1S/C24H28BrF3N2O2S2/c1-3-13-29(14-4-2)15-16-34(31)30(23-22(25)20-7-5-6-8-21(20)33-23)17-18-9-11-19(12-10-18)32-24(26,27)28/h5-12H,3-4,13-17H2,1-2H3. The van der Waals surface area contributed by atoms with Crippen molar-refractivity contribution < 1.29 is 22.1 Å². The van der Waals surface area contributed by atoms with Gasteiger partial charge in [-0.1, -0.05) is 44.2 Å². The van der Waals surface area contributed by atoms with Crippen molar-refractivity contribution in [2.24, 2.45) is 0 Å². The Kier molecular flexibility index (Phi) is 9.82. The van der Waals surface area contributed by atoms with Crippen LogP contribution in [0.15, 0.2) is 53.0 Å². The summed E-state index contributed by atoms with van der Waals surface area (Å²) in [6.07, 6.45) is -2.67. The van der Waals surface area contributed by atoms with E-state index in [-0.39, 0.29) is 5.75 Å². The molecule has 4 nitrogen and oxygen atoms in total. The summed E-state index contributed by atoms with van der Waals surface area (Å²) in [6, 6.07) is 13.7. The number of halogens is 4. The minimum absolute atomic E-state index is 0.276. The summed E-state index contributed by atoms with van der Waals surface area (Å²) >= 11 is 5.23. The number of alkyl halides is 3. The molecule has 1 atom stereocenters. The van der Waals surface area contributed by atoms with E-state index < -0.39 is 17.3 Å². The van der Waals surface area contributed by atoms with Gasteiger partial charge in [0.1, 0.15) is 21.7 Å². The molecule has 0 aliphatic carbocycles. The number of anilines is 1. The van der Waals surface area contributed by atoms with Gasteiger partial charge in [-0.2, -0.15) is 0 Å². The average Bonchev–Trinajstić information content (AvgIpc) is 3.12. The molecule has 0 aliphatic rings. The highest BCUT2D eigenvalue weighted by Crippen LogP contribution is 2.43. The van der Waals surface area contributed by atoms with Gasteiger partial charge in [0.05, 0.1) is 16.8 Å². The number of hydrogen-bond donors (Lipinski definition) is 0. The van der Waals surface area contributed by atoms with Gasteiger partial charge in [-0.05, 0) is 65.6 Å². The van der Waals surface area contributed by atoms with E-state index in [1.165, 1.54) is 12.1 Å². The summed E-state index contributed by atoms with van der Waals surface area (Å²) in [5, 5.41) is 1.88. The van der Waals surface area contributed by atoms with Crippen molar-refractivity contribution in [2.45, 2.75) is 39.6 Å². The molecule has 2 aromatic carbocycles. The van der Waals surface area contributed by atoms with Crippen molar-refractivity contribution in [3.63, 3.8) is 0 Å². The largest absolute Gasteiger partial charge is 0.573 e. The monoisotopic (exact) mass is 576 g/mol. The minimum atomic E-state index is -4.74. The molecule has 186 valence electrons. The van der Waals surface area contributed by atoms with E-state index >= 15 is 0 Å². The summed E-state index contributed by atoms with van der Waals surface area (Å²) in [7, 11) is -1.33. The molecular weight excluding hydrogens is 549 g/mol. The second-order valence-corrected chi connectivity index (χ2v) is 11.1. The van der Waals surface area contributed by atoms with Crippen LogP contribution in [0.3, 0.4) is 0 Å². The molecule has 0 N–H and O–H groups in total. The van der Waals surface area contributed by atoms with Gasteiger partial charge < -0.3 is 9.64 Å². The molecule has 0 saturated carbocycles. The smallest absolute Gasteiger partial charge is 0.406 e. The van der Waals surface area contributed by atoms with Crippen molar-refractivity contribution >= 4 is 53.3 Å². The Morgan fingerprint density at radius 2 is 1.65 bits per heavy atom. The number of nitrogens with zero attached hydrogens (tertiary/aromatic N) is 2. The summed E-state index contributed by atoms with van der Waals surface area (Å²) in [4.78, 5) is 2.32. The Balaban J connectivity index is 1.86. The zero-order valence-corrected chi connectivity index (χ0v) is 22.3. The molecule has 0 fully saturated rings. The van der Waals surface area contributed by atoms with Gasteiger partial charge >= 0.3 is 6.36 Å². The highest BCUT2D eigenvalue weighted by molar-refractivity contribution is 9.10. The van der Waals surface area contributed by atoms with Crippen molar-refractivity contribution in [1.82, 2.24) is 4.90 Å². The maximum absolute atomic E-state index is 13.6. The molecule has 0 bridgehead atoms. The zero-order valence-electron chi connectivity index (χ0n) is 19.1. The highest BCUT2D eigenvalue weighted by Gasteiger charge is 2.31. The van der Waals surface area contributed by atoms with E-state index in [4.69, 9.17) is 0 Å². The second kappa shape index (κ2) is 12.4. The first-order valence-electron chi connectivity index (χ1n) is 11.1. The molecule has 1 unspecified atom stereocenters. The van der Waals surface area contributed by atoms with Crippen molar-refractivity contribution in [1.29, 1.82) is 0 Å². The fourth-order valence-electron chi connectivity index (χ4n) is 3.65. The molecule has 0 spiro atoms. The predicted octanol–water partition coefficient (Wildman–Crippen LogP) is 7.35. The number of ether oxygens (including phenoxy) is 1. The fraction of sp³-hybridized carbons (Fsp3) is 0.417. The van der Waals surface area contributed by atoms with Crippen LogP contribution < -0.4 is 9.04 Å². The molecule has 3 aromatic rings. The lowest BCUT2D eigenvalue weighted by Gasteiger charge is -2.26. The quantitative estimate of drug-likeness (QED) is 0.226. The molecule has 34 heavy (non-hydrogen) atoms. The number of hydrogen-bond acceptors (Lipinski definition) is 4. The van der Waals surface area contributed by atoms with E-state index in [1.807, 2.05) is 28.6 Å². The third kappa shape index (κ3) is 7.44. The molecule has 1 aromatic heterocycles. The summed E-state index contributed by atoms with van der Waals surface area (Å²) in [6.45, 7) is 7.19. The lowest BCUT2D eigenvalue weighted by molar-refractivity contribution is -0.274. The number of thiophene rings is 1. The van der Waals surface area contributed by atoms with Gasteiger partial charge in [0.2, 0.25) is 0 Å². The van der Waals surface area contributed by atoms with Gasteiger partial charge in [0.15, 0.2) is 0 Å². The minimum Gasteiger partial charge on any atom is -0.406 e. The van der Waals surface area contributed by atoms with Crippen LogP contribution in [0, 0.1) is 0 Å². The van der Waals surface area contributed by atoms with E-state index in [2.05, 4.69) is 39.4 Å². The maximum atomic E-state index is 13.6. The summed E-state index contributed by atoms with van der Waals surface area (Å²) in [5.74, 6) is 0.192. The lowest BCUT2D eigenvalue weighted by Crippen LogP contribution is -2.34. The predicted molar refractivity (Wildman–Crippen MR) is 139 cm³/mol. The van der Waals surface area contributed by atoms with Gasteiger partial charge in [0, 0.05) is 16.6 Å². The normalized spacial score (nSPS) is 12.9. The topological polar surface area (TPSA) is 32.8 Å². The van der Waals surface area contributed by atoms with Gasteiger partial charge in [-0.3, -0.25) is 4.31 Å². The van der Waals surface area contributed by atoms with Crippen LogP contribution in [0.2, 0.25) is 0 Å². The summed E-state index contributed by atoms with van der Waals surface area (Å²) < 4.78 is 58.8. The van der Waals surface area contributed by atoms with Crippen LogP contribution in [0.25, 0.3) is 10.1 Å². The first kappa shape index (κ1) is 27.0. The van der Waals surface area contributed by atoms with Crippen LogP contribution in [-0.2, 0) is 17.5 Å². The van der Waals surface area contributed by atoms with Gasteiger partial charge in [-0.15, -0.1) is 24.5 Å². The third-order valence-corrected chi connectivity index (χ3v) is 8.84. The van der Waals surface area contributed by atoms with Crippen LogP contribution >= 0.6 is 27.3 Å². The fourth-order valence-corrected chi connectivity index (χ4v) is 7.26. The zero-order chi connectivity index (χ0) is 24.7. The first-order chi connectivity index (χ1) is 16.2. The van der Waals surface area contributed by atoms with Gasteiger partial charge in [0.25, 0.3) is 0 Å². The van der Waals surface area contributed by atoms with Crippen molar-refractivity contribution in [3.05, 3.63) is 58.6 Å². The Bertz CT molecular complexity index is 1080. The second-order valence-electron chi connectivity index (χ2n) is 7.81. The van der Waals surface area contributed by atoms with Crippen LogP contribution in [0.5, 0.6) is 5.75 Å². The lowest BCUT2D eigenvalue weighted by atomic mass is 10.2. The van der Waals surface area contributed by atoms with E-state index in [9.17, 15) is 17.4 Å². The van der Waals surface area contributed by atoms with E-state index in [0.29, 0.717) is 18.8 Å². The molecule has 0 saturated heterocycles.